The summed E-state index contributed by atoms with van der Waals surface area (Å²) in [5, 5.41) is 3.54. The lowest BCUT2D eigenvalue weighted by atomic mass is 10.2. The molecule has 2 fully saturated rings. The van der Waals surface area contributed by atoms with E-state index in [2.05, 4.69) is 26.2 Å². The van der Waals surface area contributed by atoms with Crippen molar-refractivity contribution in [3.05, 3.63) is 23.7 Å². The van der Waals surface area contributed by atoms with Crippen LogP contribution in [0.25, 0.3) is 0 Å². The number of aliphatic imine (C=N–C) groups is 1. The maximum atomic E-state index is 11.5. The molecule has 8 heteroatoms. The van der Waals surface area contributed by atoms with E-state index in [1.165, 1.54) is 12.8 Å². The Morgan fingerprint density at radius 3 is 2.30 bits per heavy atom. The first-order valence-electron chi connectivity index (χ1n) is 9.60. The molecule has 1 atom stereocenters. The van der Waals surface area contributed by atoms with Crippen molar-refractivity contribution in [1.82, 2.24) is 20.0 Å². The fourth-order valence-corrected chi connectivity index (χ4v) is 3.85. The number of likely N-dealkylation sites (tertiary alicyclic amines) is 1. The number of aryl methyl sites for hydroxylation is 1. The van der Waals surface area contributed by atoms with Gasteiger partial charge in [-0.25, -0.2) is 0 Å². The molecule has 3 rings (SSSR count). The zero-order chi connectivity index (χ0) is 18.5. The number of carbonyl (C=O) groups excluding carboxylic acids is 1. The van der Waals surface area contributed by atoms with Crippen LogP contribution < -0.4 is 5.32 Å². The van der Waals surface area contributed by atoms with Crippen molar-refractivity contribution in [2.24, 2.45) is 4.99 Å². The zero-order valence-corrected chi connectivity index (χ0v) is 18.9. The molecular formula is C19H32IN5O2. The van der Waals surface area contributed by atoms with Gasteiger partial charge in [0.1, 0.15) is 11.5 Å². The Kier molecular flexibility index (Phi) is 8.40. The Morgan fingerprint density at radius 2 is 1.78 bits per heavy atom. The van der Waals surface area contributed by atoms with Gasteiger partial charge in [0.25, 0.3) is 0 Å². The van der Waals surface area contributed by atoms with E-state index in [0.29, 0.717) is 0 Å². The minimum Gasteiger partial charge on any atom is -0.465 e. The van der Waals surface area contributed by atoms with Crippen LogP contribution in [0.3, 0.4) is 0 Å². The van der Waals surface area contributed by atoms with Crippen LogP contribution in [0.1, 0.15) is 37.3 Å². The van der Waals surface area contributed by atoms with Gasteiger partial charge in [-0.2, -0.15) is 0 Å². The molecule has 1 amide bonds. The predicted molar refractivity (Wildman–Crippen MR) is 118 cm³/mol. The Bertz CT molecular complexity index is 634. The van der Waals surface area contributed by atoms with Gasteiger partial charge in [0.15, 0.2) is 5.96 Å². The summed E-state index contributed by atoms with van der Waals surface area (Å²) in [4.78, 5) is 22.6. The first-order chi connectivity index (χ1) is 12.6. The van der Waals surface area contributed by atoms with Crippen LogP contribution in [0, 0.1) is 6.92 Å². The van der Waals surface area contributed by atoms with Crippen LogP contribution in [-0.2, 0) is 4.79 Å². The average Bonchev–Trinajstić information content (AvgIpc) is 3.31. The number of piperazine rings is 1. The highest BCUT2D eigenvalue weighted by Gasteiger charge is 2.27. The molecular weight excluding hydrogens is 457 g/mol. The zero-order valence-electron chi connectivity index (χ0n) is 16.6. The lowest BCUT2D eigenvalue weighted by Gasteiger charge is -2.36. The number of nitrogens with zero attached hydrogens (tertiary/aromatic N) is 4. The topological polar surface area (TPSA) is 64.3 Å². The molecule has 7 nitrogen and oxygen atoms in total. The number of carbonyl (C=O) groups is 1. The smallest absolute Gasteiger partial charge is 0.219 e. The third-order valence-electron chi connectivity index (χ3n) is 5.36. The van der Waals surface area contributed by atoms with Gasteiger partial charge >= 0.3 is 0 Å². The molecule has 2 aliphatic heterocycles. The van der Waals surface area contributed by atoms with Crippen molar-refractivity contribution >= 4 is 35.8 Å². The monoisotopic (exact) mass is 489 g/mol. The molecule has 0 spiro atoms. The number of rotatable bonds is 4. The lowest BCUT2D eigenvalue weighted by molar-refractivity contribution is -0.130. The van der Waals surface area contributed by atoms with Crippen LogP contribution in [0.4, 0.5) is 0 Å². The Labute approximate surface area is 179 Å². The number of guanidine groups is 1. The molecule has 0 bridgehead atoms. The number of furan rings is 1. The fourth-order valence-electron chi connectivity index (χ4n) is 3.85. The highest BCUT2D eigenvalue weighted by Crippen LogP contribution is 2.26. The predicted octanol–water partition coefficient (Wildman–Crippen LogP) is 2.08. The summed E-state index contributed by atoms with van der Waals surface area (Å²) in [7, 11) is 1.82. The molecule has 1 N–H and O–H groups in total. The third kappa shape index (κ3) is 5.60. The van der Waals surface area contributed by atoms with Gasteiger partial charge in [-0.05, 0) is 45.0 Å². The van der Waals surface area contributed by atoms with Gasteiger partial charge in [0, 0.05) is 46.7 Å². The van der Waals surface area contributed by atoms with Crippen LogP contribution in [0.15, 0.2) is 21.5 Å². The summed E-state index contributed by atoms with van der Waals surface area (Å²) in [6, 6.07) is 4.35. The van der Waals surface area contributed by atoms with E-state index in [-0.39, 0.29) is 35.9 Å². The maximum Gasteiger partial charge on any atom is 0.219 e. The Morgan fingerprint density at radius 1 is 1.15 bits per heavy atom. The van der Waals surface area contributed by atoms with Gasteiger partial charge in [0.2, 0.25) is 5.91 Å². The summed E-state index contributed by atoms with van der Waals surface area (Å²) in [5.41, 5.74) is 0. The summed E-state index contributed by atoms with van der Waals surface area (Å²) >= 11 is 0. The van der Waals surface area contributed by atoms with Crippen molar-refractivity contribution in [3.8, 4) is 0 Å². The summed E-state index contributed by atoms with van der Waals surface area (Å²) in [6.45, 7) is 9.75. The third-order valence-corrected chi connectivity index (χ3v) is 5.36. The van der Waals surface area contributed by atoms with Crippen LogP contribution in [-0.4, -0.2) is 79.4 Å². The molecule has 1 aromatic rings. The molecule has 0 aromatic carbocycles. The van der Waals surface area contributed by atoms with E-state index >= 15 is 0 Å². The van der Waals surface area contributed by atoms with E-state index in [4.69, 9.17) is 4.42 Å². The lowest BCUT2D eigenvalue weighted by Crippen LogP contribution is -2.54. The molecule has 3 heterocycles. The Hall–Kier alpha value is -1.29. The van der Waals surface area contributed by atoms with E-state index in [1.807, 2.05) is 24.9 Å². The molecule has 27 heavy (non-hydrogen) atoms. The molecule has 0 saturated carbocycles. The fraction of sp³-hybridized carbons (Fsp3) is 0.684. The molecule has 1 unspecified atom stereocenters. The first-order valence-corrected chi connectivity index (χ1v) is 9.60. The van der Waals surface area contributed by atoms with Crippen LogP contribution in [0.2, 0.25) is 0 Å². The number of amides is 1. The van der Waals surface area contributed by atoms with Gasteiger partial charge in [0.05, 0.1) is 6.04 Å². The largest absolute Gasteiger partial charge is 0.465 e. The van der Waals surface area contributed by atoms with Gasteiger partial charge in [-0.1, -0.05) is 0 Å². The summed E-state index contributed by atoms with van der Waals surface area (Å²) in [5.74, 6) is 3.03. The van der Waals surface area contributed by atoms with Crippen molar-refractivity contribution in [2.45, 2.75) is 32.7 Å². The molecule has 152 valence electrons. The van der Waals surface area contributed by atoms with E-state index in [9.17, 15) is 4.79 Å². The minimum absolute atomic E-state index is 0. The van der Waals surface area contributed by atoms with Crippen LogP contribution in [0.5, 0.6) is 0 Å². The number of hydrogen-bond donors (Lipinski definition) is 1. The molecule has 0 radical (unpaired) electrons. The highest BCUT2D eigenvalue weighted by molar-refractivity contribution is 14.0. The average molecular weight is 489 g/mol. The molecule has 2 aliphatic rings. The van der Waals surface area contributed by atoms with E-state index < -0.39 is 0 Å². The number of halogens is 1. The van der Waals surface area contributed by atoms with E-state index in [0.717, 1.165) is 63.3 Å². The SMILES string of the molecule is CN=C(NCC(c1ccc(C)o1)N1CCCC1)N1CCN(C(C)=O)CC1.I. The maximum absolute atomic E-state index is 11.5. The standard InChI is InChI=1S/C19H31N5O2.HI/c1-15-6-7-18(26-15)17(23-8-4-5-9-23)14-21-19(20-3)24-12-10-22(11-13-24)16(2)25;/h6-7,17H,4-5,8-14H2,1-3H3,(H,20,21);1H. The first kappa shape index (κ1) is 22.0. The molecule has 0 aliphatic carbocycles. The second-order valence-corrected chi connectivity index (χ2v) is 7.13. The van der Waals surface area contributed by atoms with Gasteiger partial charge < -0.3 is 19.5 Å². The van der Waals surface area contributed by atoms with Crippen molar-refractivity contribution in [1.29, 1.82) is 0 Å². The summed E-state index contributed by atoms with van der Waals surface area (Å²) in [6.07, 6.45) is 2.50. The second-order valence-electron chi connectivity index (χ2n) is 7.13. The normalized spacial score (nSPS) is 19.7. The Balaban J connectivity index is 0.00000261. The van der Waals surface area contributed by atoms with Crippen LogP contribution >= 0.6 is 24.0 Å². The quantitative estimate of drug-likeness (QED) is 0.399. The highest BCUT2D eigenvalue weighted by atomic mass is 127. The van der Waals surface area contributed by atoms with E-state index in [1.54, 1.807) is 6.92 Å². The van der Waals surface area contributed by atoms with Crippen molar-refractivity contribution < 1.29 is 9.21 Å². The minimum atomic E-state index is 0. The number of hydrogen-bond acceptors (Lipinski definition) is 4. The van der Waals surface area contributed by atoms with Crippen molar-refractivity contribution in [3.63, 3.8) is 0 Å². The molecule has 2 saturated heterocycles. The second kappa shape index (κ2) is 10.3. The molecule has 1 aromatic heterocycles. The number of nitrogens with one attached hydrogen (secondary N) is 1. The summed E-state index contributed by atoms with van der Waals surface area (Å²) < 4.78 is 5.93. The van der Waals surface area contributed by atoms with Gasteiger partial charge in [-0.15, -0.1) is 24.0 Å². The van der Waals surface area contributed by atoms with Gasteiger partial charge in [-0.3, -0.25) is 14.7 Å². The van der Waals surface area contributed by atoms with Crippen molar-refractivity contribution in [2.75, 3.05) is 52.9 Å².